The number of hydrogen-bond donors (Lipinski definition) is 2. The molecular formula is C23H37BN2O4. The second-order valence-corrected chi connectivity index (χ2v) is 9.85. The van der Waals surface area contributed by atoms with Crippen molar-refractivity contribution in [1.29, 1.82) is 0 Å². The molecule has 0 spiro atoms. The van der Waals surface area contributed by atoms with Gasteiger partial charge in [-0.1, -0.05) is 36.8 Å². The Hall–Kier alpha value is -1.41. The number of nitrogens with two attached hydrogens (primary N) is 1. The zero-order valence-corrected chi connectivity index (χ0v) is 18.9. The summed E-state index contributed by atoms with van der Waals surface area (Å²) in [4.78, 5) is 12.7. The van der Waals surface area contributed by atoms with Crippen LogP contribution in [-0.4, -0.2) is 42.9 Å². The van der Waals surface area contributed by atoms with Crippen LogP contribution in [-0.2, 0) is 25.4 Å². The molecule has 0 radical (unpaired) electrons. The summed E-state index contributed by atoms with van der Waals surface area (Å²) >= 11 is 0. The first kappa shape index (κ1) is 23.3. The van der Waals surface area contributed by atoms with E-state index in [0.717, 1.165) is 37.7 Å². The van der Waals surface area contributed by atoms with E-state index in [2.05, 4.69) is 33.0 Å². The van der Waals surface area contributed by atoms with E-state index in [9.17, 15) is 4.79 Å². The van der Waals surface area contributed by atoms with Crippen LogP contribution in [0.4, 0.5) is 0 Å². The molecule has 2 atom stereocenters. The van der Waals surface area contributed by atoms with Crippen LogP contribution in [0, 0.1) is 5.92 Å². The van der Waals surface area contributed by atoms with Crippen molar-refractivity contribution in [3.8, 4) is 0 Å². The fourth-order valence-electron chi connectivity index (χ4n) is 4.10. The van der Waals surface area contributed by atoms with Gasteiger partial charge in [0.2, 0.25) is 0 Å². The first-order valence-corrected chi connectivity index (χ1v) is 11.2. The molecule has 1 aromatic carbocycles. The standard InChI is InChI=1S/C23H37BN2O4/c1-21(2)22(3,4)30-24(29-21)14-11-18-10-13-23(25,17-26-15-12-18)20(27)28-16-19-8-6-5-7-9-19/h5-9,18,26H,10-17,25H2,1-4H3/t18?,23-/m1/s1. The Bertz CT molecular complexity index is 696. The average molecular weight is 416 g/mol. The highest BCUT2D eigenvalue weighted by molar-refractivity contribution is 6.45. The Balaban J connectivity index is 1.49. The smallest absolute Gasteiger partial charge is 0.457 e. The van der Waals surface area contributed by atoms with Gasteiger partial charge in [0.25, 0.3) is 0 Å². The van der Waals surface area contributed by atoms with Gasteiger partial charge < -0.3 is 25.1 Å². The number of esters is 1. The highest BCUT2D eigenvalue weighted by atomic mass is 16.7. The van der Waals surface area contributed by atoms with Crippen LogP contribution >= 0.6 is 0 Å². The fourth-order valence-corrected chi connectivity index (χ4v) is 4.10. The highest BCUT2D eigenvalue weighted by Gasteiger charge is 2.50. The van der Waals surface area contributed by atoms with Crippen LogP contribution in [0.5, 0.6) is 0 Å². The molecule has 6 nitrogen and oxygen atoms in total. The number of benzene rings is 1. The maximum absolute atomic E-state index is 12.7. The van der Waals surface area contributed by atoms with Crippen LogP contribution in [0.2, 0.25) is 6.32 Å². The van der Waals surface area contributed by atoms with E-state index in [-0.39, 0.29) is 30.9 Å². The lowest BCUT2D eigenvalue weighted by molar-refractivity contribution is -0.152. The van der Waals surface area contributed by atoms with Crippen molar-refractivity contribution in [2.75, 3.05) is 13.1 Å². The monoisotopic (exact) mass is 416 g/mol. The molecule has 0 amide bonds. The van der Waals surface area contributed by atoms with Gasteiger partial charge in [0.05, 0.1) is 11.2 Å². The Morgan fingerprint density at radius 1 is 1.17 bits per heavy atom. The van der Waals surface area contributed by atoms with Crippen LogP contribution in [0.25, 0.3) is 0 Å². The molecule has 2 fully saturated rings. The van der Waals surface area contributed by atoms with Crippen LogP contribution in [0.3, 0.4) is 0 Å². The summed E-state index contributed by atoms with van der Waals surface area (Å²) in [5.74, 6) is 0.145. The minimum atomic E-state index is -0.988. The van der Waals surface area contributed by atoms with Crippen molar-refractivity contribution in [1.82, 2.24) is 5.32 Å². The Morgan fingerprint density at radius 3 is 2.50 bits per heavy atom. The third-order valence-corrected chi connectivity index (χ3v) is 6.90. The lowest BCUT2D eigenvalue weighted by Crippen LogP contribution is -2.57. The third-order valence-electron chi connectivity index (χ3n) is 6.90. The number of rotatable bonds is 6. The Labute approximate surface area is 181 Å². The predicted octanol–water partition coefficient (Wildman–Crippen LogP) is 3.30. The highest BCUT2D eigenvalue weighted by Crippen LogP contribution is 2.38. The van der Waals surface area contributed by atoms with Gasteiger partial charge in [-0.05, 0) is 71.3 Å². The van der Waals surface area contributed by atoms with E-state index < -0.39 is 5.54 Å². The topological polar surface area (TPSA) is 82.8 Å². The number of carbonyl (C=O) groups excluding carboxylic acids is 1. The van der Waals surface area contributed by atoms with Gasteiger partial charge in [-0.25, -0.2) is 4.79 Å². The first-order chi connectivity index (χ1) is 14.1. The van der Waals surface area contributed by atoms with Crippen LogP contribution in [0.1, 0.15) is 58.9 Å². The summed E-state index contributed by atoms with van der Waals surface area (Å²) in [6.07, 6.45) is 4.43. The quantitative estimate of drug-likeness (QED) is 0.547. The Morgan fingerprint density at radius 2 is 1.83 bits per heavy atom. The lowest BCUT2D eigenvalue weighted by Gasteiger charge is -2.32. The summed E-state index contributed by atoms with van der Waals surface area (Å²) in [5.41, 5.74) is 5.89. The van der Waals surface area contributed by atoms with Gasteiger partial charge in [-0.2, -0.15) is 0 Å². The molecule has 2 heterocycles. The second kappa shape index (κ2) is 9.39. The molecule has 0 saturated carbocycles. The van der Waals surface area contributed by atoms with Gasteiger partial charge in [0, 0.05) is 6.54 Å². The minimum absolute atomic E-state index is 0.174. The SMILES string of the molecule is CC1(C)OB(CCC2CCNC[C@@](N)(C(=O)OCc3ccccc3)CC2)OC1(C)C. The van der Waals surface area contributed by atoms with Gasteiger partial charge in [0.15, 0.2) is 0 Å². The molecule has 2 saturated heterocycles. The third kappa shape index (κ3) is 5.64. The summed E-state index contributed by atoms with van der Waals surface area (Å²) in [6.45, 7) is 9.87. The largest absolute Gasteiger partial charge is 0.459 e. The van der Waals surface area contributed by atoms with E-state index in [1.807, 2.05) is 30.3 Å². The molecule has 3 rings (SSSR count). The number of nitrogens with one attached hydrogen (secondary N) is 1. The van der Waals surface area contributed by atoms with E-state index in [1.165, 1.54) is 0 Å². The van der Waals surface area contributed by atoms with Crippen molar-refractivity contribution in [3.63, 3.8) is 0 Å². The molecule has 1 unspecified atom stereocenters. The molecule has 2 aliphatic rings. The van der Waals surface area contributed by atoms with Crippen molar-refractivity contribution in [3.05, 3.63) is 35.9 Å². The zero-order chi connectivity index (χ0) is 21.8. The molecule has 2 aliphatic heterocycles. The van der Waals surface area contributed by atoms with Gasteiger partial charge >= 0.3 is 13.1 Å². The van der Waals surface area contributed by atoms with E-state index in [0.29, 0.717) is 18.9 Å². The van der Waals surface area contributed by atoms with Crippen molar-refractivity contribution < 1.29 is 18.8 Å². The lowest BCUT2D eigenvalue weighted by atomic mass is 9.76. The molecule has 0 aromatic heterocycles. The molecule has 166 valence electrons. The number of ether oxygens (including phenoxy) is 1. The van der Waals surface area contributed by atoms with Crippen LogP contribution in [0.15, 0.2) is 30.3 Å². The molecule has 0 bridgehead atoms. The molecule has 1 aromatic rings. The maximum atomic E-state index is 12.7. The van der Waals surface area contributed by atoms with Crippen molar-refractivity contribution in [2.45, 2.75) is 83.0 Å². The van der Waals surface area contributed by atoms with Gasteiger partial charge in [-0.3, -0.25) is 0 Å². The normalized spacial score (nSPS) is 28.6. The molecule has 0 aliphatic carbocycles. The van der Waals surface area contributed by atoms with Gasteiger partial charge in [-0.15, -0.1) is 0 Å². The van der Waals surface area contributed by atoms with E-state index in [1.54, 1.807) is 0 Å². The average Bonchev–Trinajstić information content (AvgIpc) is 2.90. The molecule has 30 heavy (non-hydrogen) atoms. The van der Waals surface area contributed by atoms with Crippen LogP contribution < -0.4 is 11.1 Å². The number of hydrogen-bond acceptors (Lipinski definition) is 6. The first-order valence-electron chi connectivity index (χ1n) is 11.2. The molecule has 7 heteroatoms. The van der Waals surface area contributed by atoms with Crippen molar-refractivity contribution in [2.24, 2.45) is 11.7 Å². The summed E-state index contributed by atoms with van der Waals surface area (Å²) in [5, 5.41) is 3.35. The molecule has 3 N–H and O–H groups in total. The molecular weight excluding hydrogens is 379 g/mol. The summed E-state index contributed by atoms with van der Waals surface area (Å²) < 4.78 is 17.8. The Kier molecular flexibility index (Phi) is 7.28. The summed E-state index contributed by atoms with van der Waals surface area (Å²) in [7, 11) is -0.174. The van der Waals surface area contributed by atoms with Crippen molar-refractivity contribution >= 4 is 13.1 Å². The number of carbonyl (C=O) groups is 1. The van der Waals surface area contributed by atoms with Gasteiger partial charge in [0.1, 0.15) is 12.1 Å². The zero-order valence-electron chi connectivity index (χ0n) is 18.9. The van der Waals surface area contributed by atoms with E-state index >= 15 is 0 Å². The van der Waals surface area contributed by atoms with E-state index in [4.69, 9.17) is 19.8 Å². The predicted molar refractivity (Wildman–Crippen MR) is 119 cm³/mol. The second-order valence-electron chi connectivity index (χ2n) is 9.85. The fraction of sp³-hybridized carbons (Fsp3) is 0.696. The minimum Gasteiger partial charge on any atom is -0.459 e. The maximum Gasteiger partial charge on any atom is 0.457 e. The summed E-state index contributed by atoms with van der Waals surface area (Å²) in [6, 6.07) is 9.70.